The van der Waals surface area contributed by atoms with Gasteiger partial charge in [0.2, 0.25) is 0 Å². The first-order valence-electron chi connectivity index (χ1n) is 7.26. The van der Waals surface area contributed by atoms with E-state index in [0.717, 1.165) is 0 Å². The third kappa shape index (κ3) is 3.95. The van der Waals surface area contributed by atoms with Crippen molar-refractivity contribution in [3.63, 3.8) is 0 Å². The molecule has 0 spiro atoms. The SMILES string of the molecule is CCOC(=O)c1ccc(NC(=O)c2cc([N+](=O)[O-])ccc2C)cc1. The van der Waals surface area contributed by atoms with Gasteiger partial charge in [0.25, 0.3) is 11.6 Å². The molecule has 0 heterocycles. The summed E-state index contributed by atoms with van der Waals surface area (Å²) in [6, 6.07) is 10.3. The number of hydrogen-bond donors (Lipinski definition) is 1. The van der Waals surface area contributed by atoms with Crippen LogP contribution in [0, 0.1) is 17.0 Å². The van der Waals surface area contributed by atoms with Gasteiger partial charge in [0.05, 0.1) is 17.1 Å². The summed E-state index contributed by atoms with van der Waals surface area (Å²) in [5.41, 5.74) is 1.55. The number of nitro groups is 1. The van der Waals surface area contributed by atoms with Gasteiger partial charge in [0.15, 0.2) is 0 Å². The van der Waals surface area contributed by atoms with Crippen molar-refractivity contribution >= 4 is 23.3 Å². The highest BCUT2D eigenvalue weighted by molar-refractivity contribution is 6.05. The third-order valence-electron chi connectivity index (χ3n) is 3.33. The standard InChI is InChI=1S/C17H16N2O5/c1-3-24-17(21)12-5-7-13(8-6-12)18-16(20)15-10-14(19(22)23)9-4-11(15)2/h4-10H,3H2,1-2H3,(H,18,20). The van der Waals surface area contributed by atoms with Gasteiger partial charge in [0, 0.05) is 23.4 Å². The number of amides is 1. The largest absolute Gasteiger partial charge is 0.462 e. The molecule has 0 saturated carbocycles. The van der Waals surface area contributed by atoms with Crippen LogP contribution in [0.4, 0.5) is 11.4 Å². The Morgan fingerprint density at radius 1 is 1.17 bits per heavy atom. The minimum atomic E-state index is -0.551. The molecule has 0 saturated heterocycles. The first-order chi connectivity index (χ1) is 11.4. The lowest BCUT2D eigenvalue weighted by atomic mass is 10.1. The van der Waals surface area contributed by atoms with Crippen LogP contribution in [0.25, 0.3) is 0 Å². The van der Waals surface area contributed by atoms with Crippen LogP contribution in [-0.4, -0.2) is 23.4 Å². The van der Waals surface area contributed by atoms with Crippen molar-refractivity contribution in [2.75, 3.05) is 11.9 Å². The Labute approximate surface area is 138 Å². The zero-order valence-electron chi connectivity index (χ0n) is 13.2. The molecule has 7 nitrogen and oxygen atoms in total. The molecule has 2 aromatic carbocycles. The molecule has 2 rings (SSSR count). The molecule has 0 aliphatic heterocycles. The molecule has 24 heavy (non-hydrogen) atoms. The Morgan fingerprint density at radius 2 is 1.83 bits per heavy atom. The Kier molecular flexibility index (Phi) is 5.26. The molecule has 0 aromatic heterocycles. The average Bonchev–Trinajstić information content (AvgIpc) is 2.55. The van der Waals surface area contributed by atoms with Gasteiger partial charge >= 0.3 is 5.97 Å². The number of rotatable bonds is 5. The van der Waals surface area contributed by atoms with Gasteiger partial charge in [-0.2, -0.15) is 0 Å². The highest BCUT2D eigenvalue weighted by Crippen LogP contribution is 2.19. The zero-order chi connectivity index (χ0) is 17.7. The maximum absolute atomic E-state index is 12.3. The maximum atomic E-state index is 12.3. The summed E-state index contributed by atoms with van der Waals surface area (Å²) in [5, 5.41) is 13.5. The Balaban J connectivity index is 2.16. The number of benzene rings is 2. The van der Waals surface area contributed by atoms with Gasteiger partial charge in [-0.1, -0.05) is 6.07 Å². The van der Waals surface area contributed by atoms with E-state index in [1.54, 1.807) is 26.0 Å². The van der Waals surface area contributed by atoms with Crippen LogP contribution in [0.15, 0.2) is 42.5 Å². The van der Waals surface area contributed by atoms with Crippen molar-refractivity contribution in [2.24, 2.45) is 0 Å². The second-order valence-corrected chi connectivity index (χ2v) is 5.01. The van der Waals surface area contributed by atoms with Gasteiger partial charge in [-0.3, -0.25) is 14.9 Å². The van der Waals surface area contributed by atoms with E-state index in [1.165, 1.54) is 30.3 Å². The van der Waals surface area contributed by atoms with Gasteiger partial charge in [0.1, 0.15) is 0 Å². The normalized spacial score (nSPS) is 10.1. The molecule has 0 bridgehead atoms. The van der Waals surface area contributed by atoms with Crippen LogP contribution >= 0.6 is 0 Å². The van der Waals surface area contributed by atoms with E-state index in [9.17, 15) is 19.7 Å². The van der Waals surface area contributed by atoms with Crippen molar-refractivity contribution in [1.29, 1.82) is 0 Å². The zero-order valence-corrected chi connectivity index (χ0v) is 13.2. The summed E-state index contributed by atoms with van der Waals surface area (Å²) in [6.45, 7) is 3.69. The molecule has 0 fully saturated rings. The molecule has 1 N–H and O–H groups in total. The van der Waals surface area contributed by atoms with E-state index in [2.05, 4.69) is 5.32 Å². The average molecular weight is 328 g/mol. The first-order valence-corrected chi connectivity index (χ1v) is 7.26. The van der Waals surface area contributed by atoms with Crippen molar-refractivity contribution in [2.45, 2.75) is 13.8 Å². The molecule has 0 unspecified atom stereocenters. The van der Waals surface area contributed by atoms with Gasteiger partial charge < -0.3 is 10.1 Å². The fourth-order valence-electron chi connectivity index (χ4n) is 2.07. The Bertz CT molecular complexity index is 784. The molecular formula is C17H16N2O5. The second kappa shape index (κ2) is 7.36. The predicted octanol–water partition coefficient (Wildman–Crippen LogP) is 3.33. The van der Waals surface area contributed by atoms with Crippen molar-refractivity contribution in [1.82, 2.24) is 0 Å². The van der Waals surface area contributed by atoms with Gasteiger partial charge in [-0.15, -0.1) is 0 Å². The fraction of sp³-hybridized carbons (Fsp3) is 0.176. The Morgan fingerprint density at radius 3 is 2.42 bits per heavy atom. The lowest BCUT2D eigenvalue weighted by Crippen LogP contribution is -2.14. The lowest BCUT2D eigenvalue weighted by Gasteiger charge is -2.08. The van der Waals surface area contributed by atoms with Crippen molar-refractivity contribution in [3.8, 4) is 0 Å². The van der Waals surface area contributed by atoms with Gasteiger partial charge in [-0.25, -0.2) is 4.79 Å². The Hall–Kier alpha value is -3.22. The summed E-state index contributed by atoms with van der Waals surface area (Å²) >= 11 is 0. The van der Waals surface area contributed by atoms with Crippen LogP contribution < -0.4 is 5.32 Å². The van der Waals surface area contributed by atoms with Crippen molar-refractivity contribution in [3.05, 3.63) is 69.3 Å². The summed E-state index contributed by atoms with van der Waals surface area (Å²) in [6.07, 6.45) is 0. The number of carbonyl (C=O) groups excluding carboxylic acids is 2. The third-order valence-corrected chi connectivity index (χ3v) is 3.33. The highest BCUT2D eigenvalue weighted by Gasteiger charge is 2.15. The number of aryl methyl sites for hydroxylation is 1. The topological polar surface area (TPSA) is 98.5 Å². The lowest BCUT2D eigenvalue weighted by molar-refractivity contribution is -0.384. The summed E-state index contributed by atoms with van der Waals surface area (Å²) in [5.74, 6) is -0.898. The smallest absolute Gasteiger partial charge is 0.338 e. The molecule has 0 aliphatic carbocycles. The van der Waals surface area contributed by atoms with Crippen LogP contribution in [0.1, 0.15) is 33.2 Å². The quantitative estimate of drug-likeness (QED) is 0.515. The molecule has 2 aromatic rings. The summed E-state index contributed by atoms with van der Waals surface area (Å²) < 4.78 is 4.88. The predicted molar refractivity (Wildman–Crippen MR) is 88.2 cm³/mol. The number of esters is 1. The summed E-state index contributed by atoms with van der Waals surface area (Å²) in [7, 11) is 0. The van der Waals surface area contributed by atoms with Crippen LogP contribution in [-0.2, 0) is 4.74 Å². The molecule has 124 valence electrons. The monoisotopic (exact) mass is 328 g/mol. The van der Waals surface area contributed by atoms with Crippen molar-refractivity contribution < 1.29 is 19.2 Å². The second-order valence-electron chi connectivity index (χ2n) is 5.01. The number of anilines is 1. The first kappa shape index (κ1) is 17.1. The molecule has 7 heteroatoms. The van der Waals surface area contributed by atoms with E-state index in [-0.39, 0.29) is 17.9 Å². The van der Waals surface area contributed by atoms with E-state index >= 15 is 0 Å². The number of nitrogens with zero attached hydrogens (tertiary/aromatic N) is 1. The molecular weight excluding hydrogens is 312 g/mol. The number of hydrogen-bond acceptors (Lipinski definition) is 5. The van der Waals surface area contributed by atoms with E-state index < -0.39 is 16.8 Å². The minimum absolute atomic E-state index is 0.150. The molecule has 0 aliphatic rings. The number of nitrogens with one attached hydrogen (secondary N) is 1. The minimum Gasteiger partial charge on any atom is -0.462 e. The van der Waals surface area contributed by atoms with Crippen LogP contribution in [0.5, 0.6) is 0 Å². The van der Waals surface area contributed by atoms with Crippen LogP contribution in [0.3, 0.4) is 0 Å². The fourth-order valence-corrected chi connectivity index (χ4v) is 2.07. The molecule has 0 atom stereocenters. The number of carbonyl (C=O) groups is 2. The number of ether oxygens (including phenoxy) is 1. The summed E-state index contributed by atoms with van der Waals surface area (Å²) in [4.78, 5) is 34.2. The van der Waals surface area contributed by atoms with E-state index in [0.29, 0.717) is 16.8 Å². The number of non-ortho nitro benzene ring substituents is 1. The van der Waals surface area contributed by atoms with E-state index in [4.69, 9.17) is 4.74 Å². The molecule has 0 radical (unpaired) electrons. The van der Waals surface area contributed by atoms with E-state index in [1.807, 2.05) is 0 Å². The molecule has 1 amide bonds. The highest BCUT2D eigenvalue weighted by atomic mass is 16.6. The maximum Gasteiger partial charge on any atom is 0.338 e. The van der Waals surface area contributed by atoms with Crippen LogP contribution in [0.2, 0.25) is 0 Å². The van der Waals surface area contributed by atoms with Gasteiger partial charge in [-0.05, 0) is 43.7 Å². The number of nitro benzene ring substituents is 1.